The highest BCUT2D eigenvalue weighted by Gasteiger charge is 2.53. The first kappa shape index (κ1) is 20.7. The lowest BCUT2D eigenvalue weighted by molar-refractivity contribution is -0.136. The molecule has 26 heavy (non-hydrogen) atoms. The summed E-state index contributed by atoms with van der Waals surface area (Å²) in [5.41, 5.74) is -0.567. The van der Waals surface area contributed by atoms with Gasteiger partial charge in [-0.2, -0.15) is 0 Å². The third-order valence-corrected chi connectivity index (χ3v) is 6.25. The van der Waals surface area contributed by atoms with Gasteiger partial charge in [-0.1, -0.05) is 27.2 Å². The maximum atomic E-state index is 12.9. The van der Waals surface area contributed by atoms with E-state index in [2.05, 4.69) is 31.4 Å². The van der Waals surface area contributed by atoms with Crippen molar-refractivity contribution in [2.24, 2.45) is 11.3 Å². The van der Waals surface area contributed by atoms with Crippen molar-refractivity contribution in [2.75, 3.05) is 26.8 Å². The van der Waals surface area contributed by atoms with Crippen LogP contribution in [0, 0.1) is 11.3 Å². The number of methoxy groups -OCH3 is 1. The minimum absolute atomic E-state index is 0.219. The zero-order valence-electron chi connectivity index (χ0n) is 16.5. The monoisotopic (exact) mass is 367 g/mol. The third kappa shape index (κ3) is 4.37. The van der Waals surface area contributed by atoms with Gasteiger partial charge in [0, 0.05) is 20.3 Å². The van der Waals surface area contributed by atoms with Gasteiger partial charge in [-0.15, -0.1) is 0 Å². The molecule has 1 spiro atoms. The smallest absolute Gasteiger partial charge is 0.325 e. The van der Waals surface area contributed by atoms with Gasteiger partial charge in [-0.05, 0) is 43.4 Å². The maximum Gasteiger partial charge on any atom is 0.325 e. The molecule has 2 N–H and O–H groups in total. The van der Waals surface area contributed by atoms with E-state index in [1.54, 1.807) is 7.11 Å². The number of rotatable bonds is 8. The summed E-state index contributed by atoms with van der Waals surface area (Å²) in [6, 6.07) is -0.449. The second-order valence-electron chi connectivity index (χ2n) is 8.22. The van der Waals surface area contributed by atoms with E-state index in [9.17, 15) is 14.4 Å². The lowest BCUT2D eigenvalue weighted by atomic mass is 9.65. The molecule has 0 unspecified atom stereocenters. The Hall–Kier alpha value is -1.63. The first-order valence-corrected chi connectivity index (χ1v) is 9.65. The summed E-state index contributed by atoms with van der Waals surface area (Å²) in [5, 5.41) is 5.60. The van der Waals surface area contributed by atoms with Crippen molar-refractivity contribution in [2.45, 2.75) is 64.8 Å². The molecular formula is C19H33N3O4. The van der Waals surface area contributed by atoms with Crippen LogP contribution >= 0.6 is 0 Å². The van der Waals surface area contributed by atoms with Crippen LogP contribution in [0.4, 0.5) is 4.79 Å². The summed E-state index contributed by atoms with van der Waals surface area (Å²) >= 11 is 0. The zero-order valence-corrected chi connectivity index (χ0v) is 16.5. The second kappa shape index (κ2) is 8.37. The lowest BCUT2D eigenvalue weighted by Crippen LogP contribution is -2.51. The van der Waals surface area contributed by atoms with Crippen LogP contribution in [0.1, 0.15) is 59.3 Å². The largest absolute Gasteiger partial charge is 0.385 e. The zero-order chi connectivity index (χ0) is 19.4. The van der Waals surface area contributed by atoms with Crippen LogP contribution in [0.25, 0.3) is 0 Å². The van der Waals surface area contributed by atoms with Crippen molar-refractivity contribution in [3.8, 4) is 0 Å². The fourth-order valence-electron chi connectivity index (χ4n) is 3.98. The van der Waals surface area contributed by atoms with Gasteiger partial charge < -0.3 is 15.4 Å². The van der Waals surface area contributed by atoms with Gasteiger partial charge >= 0.3 is 6.03 Å². The third-order valence-electron chi connectivity index (χ3n) is 6.25. The first-order chi connectivity index (χ1) is 12.3. The molecule has 1 saturated carbocycles. The van der Waals surface area contributed by atoms with Crippen molar-refractivity contribution < 1.29 is 19.1 Å². The molecule has 0 aromatic rings. The highest BCUT2D eigenvalue weighted by Crippen LogP contribution is 2.45. The summed E-state index contributed by atoms with van der Waals surface area (Å²) in [6.07, 6.45) is 4.93. The Bertz CT molecular complexity index is 539. The second-order valence-corrected chi connectivity index (χ2v) is 8.22. The average Bonchev–Trinajstić information content (AvgIpc) is 2.83. The number of nitrogens with zero attached hydrogens (tertiary/aromatic N) is 1. The number of carbonyl (C=O) groups is 3. The van der Waals surface area contributed by atoms with Gasteiger partial charge in [0.2, 0.25) is 5.91 Å². The fourth-order valence-corrected chi connectivity index (χ4v) is 3.98. The predicted octanol–water partition coefficient (Wildman–Crippen LogP) is 2.06. The Morgan fingerprint density at radius 1 is 1.35 bits per heavy atom. The number of imide groups is 1. The summed E-state index contributed by atoms with van der Waals surface area (Å²) in [5.74, 6) is -0.00860. The van der Waals surface area contributed by atoms with Crippen LogP contribution < -0.4 is 10.6 Å². The molecule has 1 aliphatic carbocycles. The molecule has 148 valence electrons. The van der Waals surface area contributed by atoms with E-state index in [0.29, 0.717) is 38.3 Å². The molecule has 0 radical (unpaired) electrons. The normalized spacial score (nSPS) is 26.3. The van der Waals surface area contributed by atoms with Crippen LogP contribution in [0.3, 0.4) is 0 Å². The SMILES string of the molecule is CCC(C)(C)C1CCC2(CC1)NC(=O)N(CC(=O)NCCCOC)C2=O. The molecule has 0 aromatic carbocycles. The highest BCUT2D eigenvalue weighted by atomic mass is 16.5. The van der Waals surface area contributed by atoms with Crippen LogP contribution in [0.2, 0.25) is 0 Å². The number of amides is 4. The molecule has 0 bridgehead atoms. The first-order valence-electron chi connectivity index (χ1n) is 9.65. The van der Waals surface area contributed by atoms with E-state index < -0.39 is 11.6 Å². The molecule has 1 saturated heterocycles. The van der Waals surface area contributed by atoms with E-state index in [-0.39, 0.29) is 23.8 Å². The van der Waals surface area contributed by atoms with E-state index in [0.717, 1.165) is 24.2 Å². The Morgan fingerprint density at radius 2 is 2.00 bits per heavy atom. The topological polar surface area (TPSA) is 87.7 Å². The minimum atomic E-state index is -0.812. The molecule has 0 aromatic heterocycles. The number of hydrogen-bond donors (Lipinski definition) is 2. The summed E-state index contributed by atoms with van der Waals surface area (Å²) in [7, 11) is 1.60. The number of ether oxygens (including phenoxy) is 1. The van der Waals surface area contributed by atoms with Crippen molar-refractivity contribution in [1.82, 2.24) is 15.5 Å². The van der Waals surface area contributed by atoms with E-state index in [1.165, 1.54) is 0 Å². The van der Waals surface area contributed by atoms with Gasteiger partial charge in [0.1, 0.15) is 12.1 Å². The number of urea groups is 1. The molecule has 7 nitrogen and oxygen atoms in total. The summed E-state index contributed by atoms with van der Waals surface area (Å²) < 4.78 is 4.93. The molecule has 0 atom stereocenters. The number of hydrogen-bond acceptors (Lipinski definition) is 4. The summed E-state index contributed by atoms with van der Waals surface area (Å²) in [4.78, 5) is 38.3. The van der Waals surface area contributed by atoms with Crippen LogP contribution in [-0.2, 0) is 14.3 Å². The molecule has 2 aliphatic rings. The Labute approximate surface area is 156 Å². The molecule has 4 amide bonds. The van der Waals surface area contributed by atoms with Crippen LogP contribution in [0.15, 0.2) is 0 Å². The Kier molecular flexibility index (Phi) is 6.66. The average molecular weight is 367 g/mol. The van der Waals surface area contributed by atoms with Crippen molar-refractivity contribution >= 4 is 17.8 Å². The van der Waals surface area contributed by atoms with Crippen molar-refractivity contribution in [1.29, 1.82) is 0 Å². The quantitative estimate of drug-likeness (QED) is 0.508. The molecule has 7 heteroatoms. The molecule has 2 fully saturated rings. The Morgan fingerprint density at radius 3 is 2.58 bits per heavy atom. The van der Waals surface area contributed by atoms with Crippen LogP contribution in [-0.4, -0.2) is 55.1 Å². The van der Waals surface area contributed by atoms with Gasteiger partial charge in [0.25, 0.3) is 5.91 Å². The number of nitrogens with one attached hydrogen (secondary N) is 2. The number of carbonyl (C=O) groups excluding carboxylic acids is 3. The van der Waals surface area contributed by atoms with Crippen molar-refractivity contribution in [3.05, 3.63) is 0 Å². The molecule has 2 rings (SSSR count). The highest BCUT2D eigenvalue weighted by molar-refractivity contribution is 6.09. The lowest BCUT2D eigenvalue weighted by Gasteiger charge is -2.42. The van der Waals surface area contributed by atoms with Crippen molar-refractivity contribution in [3.63, 3.8) is 0 Å². The van der Waals surface area contributed by atoms with Gasteiger partial charge in [-0.3, -0.25) is 14.5 Å². The Balaban J connectivity index is 1.91. The molecular weight excluding hydrogens is 334 g/mol. The predicted molar refractivity (Wildman–Crippen MR) is 98.5 cm³/mol. The molecule has 1 heterocycles. The van der Waals surface area contributed by atoms with E-state index in [1.807, 2.05) is 0 Å². The van der Waals surface area contributed by atoms with E-state index >= 15 is 0 Å². The van der Waals surface area contributed by atoms with Crippen LogP contribution in [0.5, 0.6) is 0 Å². The van der Waals surface area contributed by atoms with E-state index in [4.69, 9.17) is 4.74 Å². The maximum absolute atomic E-state index is 12.9. The fraction of sp³-hybridized carbons (Fsp3) is 0.842. The van der Waals surface area contributed by atoms with Gasteiger partial charge in [0.15, 0.2) is 0 Å². The molecule has 1 aliphatic heterocycles. The van der Waals surface area contributed by atoms with Gasteiger partial charge in [0.05, 0.1) is 0 Å². The minimum Gasteiger partial charge on any atom is -0.385 e. The van der Waals surface area contributed by atoms with Gasteiger partial charge in [-0.25, -0.2) is 4.79 Å². The standard InChI is InChI=1S/C19H33N3O4/c1-5-18(2,3)14-7-9-19(10-8-14)16(24)22(17(25)21-19)13-15(23)20-11-6-12-26-4/h14H,5-13H2,1-4H3,(H,20,23)(H,21,25). The summed E-state index contributed by atoms with van der Waals surface area (Å²) in [6.45, 7) is 7.54.